The highest BCUT2D eigenvalue weighted by Crippen LogP contribution is 2.25. The summed E-state index contributed by atoms with van der Waals surface area (Å²) in [4.78, 5) is 29.0. The zero-order valence-electron chi connectivity index (χ0n) is 16.6. The van der Waals surface area contributed by atoms with Crippen LogP contribution in [-0.4, -0.2) is 41.8 Å². The van der Waals surface area contributed by atoms with Gasteiger partial charge in [-0.1, -0.05) is 60.7 Å². The second kappa shape index (κ2) is 9.36. The lowest BCUT2D eigenvalue weighted by Gasteiger charge is -2.34. The Morgan fingerprint density at radius 2 is 1.57 bits per heavy atom. The van der Waals surface area contributed by atoms with E-state index in [1.165, 1.54) is 0 Å². The zero-order valence-corrected chi connectivity index (χ0v) is 16.6. The maximum atomic E-state index is 12.9. The molecule has 1 aliphatic heterocycles. The Morgan fingerprint density at radius 1 is 1.00 bits per heavy atom. The molecule has 4 heteroatoms. The minimum atomic E-state index is -0.0154. The van der Waals surface area contributed by atoms with Crippen LogP contribution in [0.2, 0.25) is 0 Å². The van der Waals surface area contributed by atoms with Crippen molar-refractivity contribution in [2.75, 3.05) is 20.1 Å². The molecule has 146 valence electrons. The Hall–Kier alpha value is -2.88. The number of carbonyl (C=O) groups excluding carboxylic acids is 2. The normalized spacial score (nSPS) is 16.1. The van der Waals surface area contributed by atoms with Crippen LogP contribution in [0.25, 0.3) is 6.08 Å². The molecule has 1 aliphatic rings. The second-order valence-corrected chi connectivity index (χ2v) is 7.38. The standard InChI is InChI=1S/C24H28N2O2/c1-19(21-11-7-4-8-12-21)25(2)24(28)22-15-17-26(18-16-22)23(27)14-13-20-9-5-3-6-10-20/h3-14,19,22H,15-18H2,1-2H3. The number of likely N-dealkylation sites (tertiary alicyclic amines) is 1. The average Bonchev–Trinajstić information content (AvgIpc) is 2.77. The number of amides is 2. The molecule has 1 saturated heterocycles. The van der Waals surface area contributed by atoms with E-state index in [9.17, 15) is 9.59 Å². The van der Waals surface area contributed by atoms with E-state index in [-0.39, 0.29) is 23.8 Å². The maximum Gasteiger partial charge on any atom is 0.246 e. The van der Waals surface area contributed by atoms with Crippen LogP contribution >= 0.6 is 0 Å². The lowest BCUT2D eigenvalue weighted by atomic mass is 9.94. The van der Waals surface area contributed by atoms with E-state index < -0.39 is 0 Å². The van der Waals surface area contributed by atoms with Gasteiger partial charge in [-0.25, -0.2) is 0 Å². The molecule has 3 rings (SSSR count). The molecule has 0 N–H and O–H groups in total. The molecule has 0 aliphatic carbocycles. The fraction of sp³-hybridized carbons (Fsp3) is 0.333. The molecule has 0 saturated carbocycles. The molecule has 0 aromatic heterocycles. The Morgan fingerprint density at radius 3 is 2.18 bits per heavy atom. The quantitative estimate of drug-likeness (QED) is 0.735. The number of hydrogen-bond acceptors (Lipinski definition) is 2. The molecular formula is C24H28N2O2. The van der Waals surface area contributed by atoms with E-state index in [2.05, 4.69) is 19.1 Å². The average molecular weight is 377 g/mol. The molecule has 1 fully saturated rings. The van der Waals surface area contributed by atoms with Gasteiger partial charge in [0.1, 0.15) is 0 Å². The van der Waals surface area contributed by atoms with Crippen molar-refractivity contribution in [3.8, 4) is 0 Å². The van der Waals surface area contributed by atoms with Crippen LogP contribution in [0.5, 0.6) is 0 Å². The minimum absolute atomic E-state index is 0.0146. The molecule has 1 atom stereocenters. The summed E-state index contributed by atoms with van der Waals surface area (Å²) in [6.45, 7) is 3.31. The van der Waals surface area contributed by atoms with Crippen LogP contribution in [0.1, 0.15) is 36.9 Å². The number of rotatable bonds is 5. The first-order chi connectivity index (χ1) is 13.6. The van der Waals surface area contributed by atoms with E-state index in [0.717, 1.165) is 24.0 Å². The SMILES string of the molecule is CC(c1ccccc1)N(C)C(=O)C1CCN(C(=O)C=Cc2ccccc2)CC1. The van der Waals surface area contributed by atoms with Crippen LogP contribution in [0, 0.1) is 5.92 Å². The van der Waals surface area contributed by atoms with Crippen LogP contribution in [-0.2, 0) is 9.59 Å². The largest absolute Gasteiger partial charge is 0.339 e. The fourth-order valence-electron chi connectivity index (χ4n) is 3.62. The third kappa shape index (κ3) is 4.89. The van der Waals surface area contributed by atoms with E-state index in [4.69, 9.17) is 0 Å². The Balaban J connectivity index is 1.52. The highest BCUT2D eigenvalue weighted by molar-refractivity contribution is 5.92. The number of hydrogen-bond donors (Lipinski definition) is 0. The Kier molecular flexibility index (Phi) is 6.64. The third-order valence-electron chi connectivity index (χ3n) is 5.58. The molecule has 1 heterocycles. The summed E-state index contributed by atoms with van der Waals surface area (Å²) >= 11 is 0. The van der Waals surface area contributed by atoms with Crippen molar-refractivity contribution in [3.63, 3.8) is 0 Å². The predicted octanol–water partition coefficient (Wildman–Crippen LogP) is 4.16. The number of benzene rings is 2. The molecule has 0 spiro atoms. The number of carbonyl (C=O) groups is 2. The fourth-order valence-corrected chi connectivity index (χ4v) is 3.62. The topological polar surface area (TPSA) is 40.6 Å². The highest BCUT2D eigenvalue weighted by Gasteiger charge is 2.30. The molecule has 4 nitrogen and oxygen atoms in total. The number of nitrogens with zero attached hydrogens (tertiary/aromatic N) is 2. The predicted molar refractivity (Wildman–Crippen MR) is 112 cm³/mol. The summed E-state index contributed by atoms with van der Waals surface area (Å²) in [5, 5.41) is 0. The third-order valence-corrected chi connectivity index (χ3v) is 5.58. The Bertz CT molecular complexity index is 809. The van der Waals surface area contributed by atoms with Crippen molar-refractivity contribution in [2.45, 2.75) is 25.8 Å². The lowest BCUT2D eigenvalue weighted by Crippen LogP contribution is -2.43. The highest BCUT2D eigenvalue weighted by atomic mass is 16.2. The maximum absolute atomic E-state index is 12.9. The summed E-state index contributed by atoms with van der Waals surface area (Å²) in [6.07, 6.45) is 4.90. The molecule has 2 aromatic carbocycles. The smallest absolute Gasteiger partial charge is 0.246 e. The zero-order chi connectivity index (χ0) is 19.9. The monoisotopic (exact) mass is 376 g/mol. The number of piperidine rings is 1. The van der Waals surface area contributed by atoms with Crippen molar-refractivity contribution in [1.82, 2.24) is 9.80 Å². The van der Waals surface area contributed by atoms with Crippen molar-refractivity contribution in [1.29, 1.82) is 0 Å². The Labute approximate surface area is 167 Å². The van der Waals surface area contributed by atoms with Crippen LogP contribution in [0.15, 0.2) is 66.7 Å². The van der Waals surface area contributed by atoms with E-state index in [1.807, 2.05) is 71.5 Å². The summed E-state index contributed by atoms with van der Waals surface area (Å²) in [7, 11) is 1.88. The molecule has 0 bridgehead atoms. The van der Waals surface area contributed by atoms with Crippen LogP contribution in [0.3, 0.4) is 0 Å². The van der Waals surface area contributed by atoms with Gasteiger partial charge in [0, 0.05) is 32.1 Å². The molecular weight excluding hydrogens is 348 g/mol. The van der Waals surface area contributed by atoms with Crippen LogP contribution in [0.4, 0.5) is 0 Å². The van der Waals surface area contributed by atoms with E-state index in [1.54, 1.807) is 6.08 Å². The van der Waals surface area contributed by atoms with Gasteiger partial charge >= 0.3 is 0 Å². The summed E-state index contributed by atoms with van der Waals surface area (Å²) < 4.78 is 0. The van der Waals surface area contributed by atoms with E-state index in [0.29, 0.717) is 13.1 Å². The van der Waals surface area contributed by atoms with Gasteiger partial charge in [-0.2, -0.15) is 0 Å². The van der Waals surface area contributed by atoms with Crippen molar-refractivity contribution >= 4 is 17.9 Å². The minimum Gasteiger partial charge on any atom is -0.339 e. The van der Waals surface area contributed by atoms with Gasteiger partial charge < -0.3 is 9.80 Å². The molecule has 0 radical (unpaired) electrons. The van der Waals surface area contributed by atoms with Crippen molar-refractivity contribution in [2.24, 2.45) is 5.92 Å². The summed E-state index contributed by atoms with van der Waals surface area (Å²) in [5.41, 5.74) is 2.15. The first-order valence-corrected chi connectivity index (χ1v) is 9.90. The second-order valence-electron chi connectivity index (χ2n) is 7.38. The van der Waals surface area contributed by atoms with E-state index >= 15 is 0 Å². The molecule has 1 unspecified atom stereocenters. The lowest BCUT2D eigenvalue weighted by molar-refractivity contribution is -0.139. The van der Waals surface area contributed by atoms with Gasteiger partial charge in [0.2, 0.25) is 11.8 Å². The van der Waals surface area contributed by atoms with Gasteiger partial charge in [0.05, 0.1) is 6.04 Å². The summed E-state index contributed by atoms with van der Waals surface area (Å²) in [6, 6.07) is 19.9. The van der Waals surface area contributed by atoms with Gasteiger partial charge in [0.15, 0.2) is 0 Å². The van der Waals surface area contributed by atoms with Crippen molar-refractivity contribution in [3.05, 3.63) is 77.9 Å². The van der Waals surface area contributed by atoms with Gasteiger partial charge in [-0.05, 0) is 37.0 Å². The van der Waals surface area contributed by atoms with Crippen molar-refractivity contribution < 1.29 is 9.59 Å². The van der Waals surface area contributed by atoms with Gasteiger partial charge in [-0.15, -0.1) is 0 Å². The summed E-state index contributed by atoms with van der Waals surface area (Å²) in [5.74, 6) is 0.169. The van der Waals surface area contributed by atoms with Gasteiger partial charge in [-0.3, -0.25) is 9.59 Å². The molecule has 28 heavy (non-hydrogen) atoms. The first kappa shape index (κ1) is 19.9. The molecule has 2 amide bonds. The first-order valence-electron chi connectivity index (χ1n) is 9.90. The van der Waals surface area contributed by atoms with Crippen LogP contribution < -0.4 is 0 Å². The molecule has 2 aromatic rings. The van der Waals surface area contributed by atoms with Gasteiger partial charge in [0.25, 0.3) is 0 Å².